The van der Waals surface area contributed by atoms with Crippen molar-refractivity contribution in [1.29, 1.82) is 0 Å². The lowest BCUT2D eigenvalue weighted by Crippen LogP contribution is -2.35. The molecule has 0 bridgehead atoms. The first-order valence-electron chi connectivity index (χ1n) is 6.31. The molecule has 0 radical (unpaired) electrons. The lowest BCUT2D eigenvalue weighted by molar-refractivity contribution is 0.589. The Bertz CT molecular complexity index is 377. The molecule has 0 amide bonds. The molecule has 17 heavy (non-hydrogen) atoms. The summed E-state index contributed by atoms with van der Waals surface area (Å²) in [4.78, 5) is 2.27. The molecule has 0 spiro atoms. The van der Waals surface area contributed by atoms with Crippen LogP contribution in [0.4, 0.5) is 5.69 Å². The fourth-order valence-corrected chi connectivity index (χ4v) is 1.85. The van der Waals surface area contributed by atoms with Crippen molar-refractivity contribution >= 4 is 5.69 Å². The molecular weight excluding hydrogens is 208 g/mol. The summed E-state index contributed by atoms with van der Waals surface area (Å²) < 4.78 is 0. The Morgan fingerprint density at radius 3 is 2.35 bits per heavy atom. The summed E-state index contributed by atoms with van der Waals surface area (Å²) in [5, 5.41) is 0. The quantitative estimate of drug-likeness (QED) is 0.871. The summed E-state index contributed by atoms with van der Waals surface area (Å²) >= 11 is 0. The van der Waals surface area contributed by atoms with Gasteiger partial charge in [0, 0.05) is 25.3 Å². The summed E-state index contributed by atoms with van der Waals surface area (Å²) in [5.74, 6) is 0. The molecule has 0 fully saturated rings. The van der Waals surface area contributed by atoms with Crippen molar-refractivity contribution in [2.45, 2.75) is 46.1 Å². The largest absolute Gasteiger partial charge is 0.370 e. The van der Waals surface area contributed by atoms with Crippen LogP contribution in [0.3, 0.4) is 0 Å². The van der Waals surface area contributed by atoms with Crippen molar-refractivity contribution < 1.29 is 0 Å². The Labute approximate surface area is 106 Å². The lowest BCUT2D eigenvalue weighted by atomic mass is 9.86. The monoisotopic (exact) mass is 234 g/mol. The summed E-state index contributed by atoms with van der Waals surface area (Å²) in [7, 11) is 2.12. The van der Waals surface area contributed by atoms with Crippen molar-refractivity contribution in [1.82, 2.24) is 0 Å². The second kappa shape index (κ2) is 5.09. The van der Waals surface area contributed by atoms with Crippen molar-refractivity contribution in [2.75, 3.05) is 18.5 Å². The van der Waals surface area contributed by atoms with E-state index < -0.39 is 0 Å². The van der Waals surface area contributed by atoms with Crippen molar-refractivity contribution in [3.8, 4) is 0 Å². The average Bonchev–Trinajstić information content (AvgIpc) is 2.26. The highest BCUT2D eigenvalue weighted by atomic mass is 15.1. The normalized spacial score (nSPS) is 13.6. The van der Waals surface area contributed by atoms with Crippen LogP contribution in [-0.4, -0.2) is 19.6 Å². The van der Waals surface area contributed by atoms with Gasteiger partial charge in [-0.1, -0.05) is 32.9 Å². The van der Waals surface area contributed by atoms with Gasteiger partial charge in [0.2, 0.25) is 0 Å². The zero-order chi connectivity index (χ0) is 13.2. The molecule has 0 aliphatic carbocycles. The fraction of sp³-hybridized carbons (Fsp3) is 0.600. The van der Waals surface area contributed by atoms with Crippen LogP contribution in [0.25, 0.3) is 0 Å². The number of likely N-dealkylation sites (N-methyl/N-ethyl adjacent to an activating group) is 1. The Kier molecular flexibility index (Phi) is 4.21. The van der Waals surface area contributed by atoms with Crippen LogP contribution in [0.5, 0.6) is 0 Å². The highest BCUT2D eigenvalue weighted by molar-refractivity contribution is 5.56. The van der Waals surface area contributed by atoms with Crippen molar-refractivity contribution in [3.63, 3.8) is 0 Å². The van der Waals surface area contributed by atoms with Gasteiger partial charge in [-0.2, -0.15) is 0 Å². The van der Waals surface area contributed by atoms with E-state index in [1.54, 1.807) is 0 Å². The van der Waals surface area contributed by atoms with Crippen LogP contribution in [0.1, 0.15) is 38.8 Å². The fourth-order valence-electron chi connectivity index (χ4n) is 1.85. The molecule has 0 aromatic heterocycles. The van der Waals surface area contributed by atoms with E-state index in [0.29, 0.717) is 12.6 Å². The topological polar surface area (TPSA) is 29.3 Å². The minimum Gasteiger partial charge on any atom is -0.370 e. The van der Waals surface area contributed by atoms with Crippen LogP contribution in [0.2, 0.25) is 0 Å². The van der Waals surface area contributed by atoms with E-state index in [1.807, 2.05) is 0 Å². The Hall–Kier alpha value is -1.02. The van der Waals surface area contributed by atoms with Gasteiger partial charge in [-0.05, 0) is 36.5 Å². The number of rotatable bonds is 3. The second-order valence-electron chi connectivity index (χ2n) is 5.95. The minimum atomic E-state index is 0.190. The minimum absolute atomic E-state index is 0.190. The van der Waals surface area contributed by atoms with E-state index in [2.05, 4.69) is 64.8 Å². The summed E-state index contributed by atoms with van der Waals surface area (Å²) in [6.07, 6.45) is 0. The molecule has 0 aliphatic heterocycles. The maximum atomic E-state index is 5.74. The molecule has 1 aromatic carbocycles. The van der Waals surface area contributed by atoms with Crippen LogP contribution in [0, 0.1) is 6.92 Å². The Morgan fingerprint density at radius 2 is 1.88 bits per heavy atom. The van der Waals surface area contributed by atoms with Crippen LogP contribution in [-0.2, 0) is 5.41 Å². The lowest BCUT2D eigenvalue weighted by Gasteiger charge is -2.29. The molecule has 0 saturated carbocycles. The maximum Gasteiger partial charge on any atom is 0.0399 e. The van der Waals surface area contributed by atoms with Gasteiger partial charge >= 0.3 is 0 Å². The number of anilines is 1. The third-order valence-electron chi connectivity index (χ3n) is 3.46. The number of hydrogen-bond donors (Lipinski definition) is 1. The molecular formula is C15H26N2. The predicted molar refractivity (Wildman–Crippen MR) is 76.8 cm³/mol. The smallest absolute Gasteiger partial charge is 0.0399 e. The standard InChI is InChI=1S/C15H26N2/c1-11-7-8-13(15(3,4)5)9-14(11)17(6)12(2)10-16/h7-9,12H,10,16H2,1-6H3. The van der Waals surface area contributed by atoms with Crippen molar-refractivity contribution in [2.24, 2.45) is 5.73 Å². The number of benzene rings is 1. The van der Waals surface area contributed by atoms with Gasteiger partial charge in [-0.25, -0.2) is 0 Å². The summed E-state index contributed by atoms with van der Waals surface area (Å²) in [6, 6.07) is 7.08. The predicted octanol–water partition coefficient (Wildman–Crippen LogP) is 3.08. The third kappa shape index (κ3) is 3.22. The first-order valence-corrected chi connectivity index (χ1v) is 6.31. The molecule has 2 heteroatoms. The van der Waals surface area contributed by atoms with E-state index in [9.17, 15) is 0 Å². The first kappa shape index (κ1) is 14.0. The highest BCUT2D eigenvalue weighted by Gasteiger charge is 2.17. The molecule has 1 unspecified atom stereocenters. The van der Waals surface area contributed by atoms with E-state index in [-0.39, 0.29) is 5.41 Å². The Balaban J connectivity index is 3.15. The van der Waals surface area contributed by atoms with Crippen LogP contribution in [0.15, 0.2) is 18.2 Å². The Morgan fingerprint density at radius 1 is 1.29 bits per heavy atom. The van der Waals surface area contributed by atoms with Crippen molar-refractivity contribution in [3.05, 3.63) is 29.3 Å². The first-order chi connectivity index (χ1) is 7.77. The van der Waals surface area contributed by atoms with Crippen LogP contribution >= 0.6 is 0 Å². The SMILES string of the molecule is Cc1ccc(C(C)(C)C)cc1N(C)C(C)CN. The molecule has 0 heterocycles. The molecule has 1 aromatic rings. The molecule has 1 atom stereocenters. The average molecular weight is 234 g/mol. The van der Waals surface area contributed by atoms with Crippen LogP contribution < -0.4 is 10.6 Å². The van der Waals surface area contributed by atoms with E-state index in [1.165, 1.54) is 16.8 Å². The summed E-state index contributed by atoms with van der Waals surface area (Å²) in [5.41, 5.74) is 9.90. The molecule has 2 N–H and O–H groups in total. The van der Waals surface area contributed by atoms with E-state index >= 15 is 0 Å². The number of hydrogen-bond acceptors (Lipinski definition) is 2. The zero-order valence-electron chi connectivity index (χ0n) is 12.0. The number of aryl methyl sites for hydroxylation is 1. The zero-order valence-corrected chi connectivity index (χ0v) is 12.0. The van der Waals surface area contributed by atoms with Gasteiger partial charge in [-0.15, -0.1) is 0 Å². The molecule has 1 rings (SSSR count). The van der Waals surface area contributed by atoms with E-state index in [4.69, 9.17) is 5.73 Å². The van der Waals surface area contributed by atoms with Gasteiger partial charge in [0.1, 0.15) is 0 Å². The molecule has 96 valence electrons. The van der Waals surface area contributed by atoms with Gasteiger partial charge in [0.25, 0.3) is 0 Å². The molecule has 2 nitrogen and oxygen atoms in total. The van der Waals surface area contributed by atoms with Gasteiger partial charge in [0.15, 0.2) is 0 Å². The third-order valence-corrected chi connectivity index (χ3v) is 3.46. The molecule has 0 aliphatic rings. The summed E-state index contributed by atoms with van der Waals surface area (Å²) in [6.45, 7) is 11.7. The highest BCUT2D eigenvalue weighted by Crippen LogP contribution is 2.29. The van der Waals surface area contributed by atoms with Gasteiger partial charge in [0.05, 0.1) is 0 Å². The van der Waals surface area contributed by atoms with Gasteiger partial charge < -0.3 is 10.6 Å². The van der Waals surface area contributed by atoms with E-state index in [0.717, 1.165) is 0 Å². The van der Waals surface area contributed by atoms with Gasteiger partial charge in [-0.3, -0.25) is 0 Å². The number of nitrogens with zero attached hydrogens (tertiary/aromatic N) is 1. The second-order valence-corrected chi connectivity index (χ2v) is 5.95. The maximum absolute atomic E-state index is 5.74. The number of nitrogens with two attached hydrogens (primary N) is 1. The molecule has 0 saturated heterocycles.